The van der Waals surface area contributed by atoms with Crippen molar-refractivity contribution in [3.05, 3.63) is 47.4 Å². The van der Waals surface area contributed by atoms with Crippen LogP contribution in [0.3, 0.4) is 0 Å². The van der Waals surface area contributed by atoms with Crippen molar-refractivity contribution in [1.29, 1.82) is 0 Å². The SMILES string of the molecule is CC1(C)OCC(C2OC(=O)C(O)=C2OCc2ccccc2)O1. The van der Waals surface area contributed by atoms with Gasteiger partial charge in [-0.05, 0) is 19.4 Å². The van der Waals surface area contributed by atoms with E-state index in [-0.39, 0.29) is 19.0 Å². The number of esters is 1. The van der Waals surface area contributed by atoms with Gasteiger partial charge in [-0.25, -0.2) is 4.79 Å². The molecule has 1 N–H and O–H groups in total. The molecule has 2 atom stereocenters. The minimum Gasteiger partial charge on any atom is -0.499 e. The molecule has 3 rings (SSSR count). The lowest BCUT2D eigenvalue weighted by atomic mass is 10.1. The van der Waals surface area contributed by atoms with Gasteiger partial charge in [-0.2, -0.15) is 0 Å². The zero-order valence-electron chi connectivity index (χ0n) is 12.4. The fourth-order valence-electron chi connectivity index (χ4n) is 2.46. The highest BCUT2D eigenvalue weighted by molar-refractivity contribution is 5.89. The van der Waals surface area contributed by atoms with Crippen LogP contribution >= 0.6 is 0 Å². The number of cyclic esters (lactones) is 1. The maximum atomic E-state index is 11.6. The van der Waals surface area contributed by atoms with E-state index >= 15 is 0 Å². The number of carbonyl (C=O) groups excluding carboxylic acids is 1. The molecule has 0 aliphatic carbocycles. The predicted molar refractivity (Wildman–Crippen MR) is 75.7 cm³/mol. The molecule has 2 heterocycles. The second-order valence-corrected chi connectivity index (χ2v) is 5.68. The van der Waals surface area contributed by atoms with Crippen LogP contribution in [0.15, 0.2) is 41.9 Å². The van der Waals surface area contributed by atoms with Crippen LogP contribution in [0.4, 0.5) is 0 Å². The van der Waals surface area contributed by atoms with E-state index < -0.39 is 29.7 Å². The maximum absolute atomic E-state index is 11.6. The van der Waals surface area contributed by atoms with Gasteiger partial charge in [0.05, 0.1) is 6.61 Å². The van der Waals surface area contributed by atoms with Crippen molar-refractivity contribution in [1.82, 2.24) is 0 Å². The third-order valence-electron chi connectivity index (χ3n) is 3.52. The molecule has 1 aromatic carbocycles. The molecule has 6 nitrogen and oxygen atoms in total. The monoisotopic (exact) mass is 306 g/mol. The van der Waals surface area contributed by atoms with E-state index in [1.165, 1.54) is 0 Å². The Morgan fingerprint density at radius 1 is 1.32 bits per heavy atom. The zero-order valence-corrected chi connectivity index (χ0v) is 12.4. The summed E-state index contributed by atoms with van der Waals surface area (Å²) in [6.07, 6.45) is -1.30. The summed E-state index contributed by atoms with van der Waals surface area (Å²) in [6.45, 7) is 4.04. The minimum absolute atomic E-state index is 0.0974. The summed E-state index contributed by atoms with van der Waals surface area (Å²) < 4.78 is 21.9. The van der Waals surface area contributed by atoms with Gasteiger partial charge in [-0.1, -0.05) is 30.3 Å². The standard InChI is InChI=1S/C16H18O6/c1-16(2)20-9-11(22-16)13-14(12(17)15(18)21-13)19-8-10-6-4-3-5-7-10/h3-7,11,13,17H,8-9H2,1-2H3. The highest BCUT2D eigenvalue weighted by Gasteiger charge is 2.47. The lowest BCUT2D eigenvalue weighted by Crippen LogP contribution is -2.33. The molecule has 0 spiro atoms. The molecule has 0 amide bonds. The van der Waals surface area contributed by atoms with Gasteiger partial charge >= 0.3 is 5.97 Å². The zero-order chi connectivity index (χ0) is 15.7. The van der Waals surface area contributed by atoms with Crippen molar-refractivity contribution in [3.63, 3.8) is 0 Å². The van der Waals surface area contributed by atoms with Crippen LogP contribution in [0, 0.1) is 0 Å². The summed E-state index contributed by atoms with van der Waals surface area (Å²) in [6, 6.07) is 9.45. The van der Waals surface area contributed by atoms with Crippen molar-refractivity contribution >= 4 is 5.97 Å². The van der Waals surface area contributed by atoms with Gasteiger partial charge in [0.25, 0.3) is 0 Å². The van der Waals surface area contributed by atoms with Crippen LogP contribution in [0.25, 0.3) is 0 Å². The second-order valence-electron chi connectivity index (χ2n) is 5.68. The summed E-state index contributed by atoms with van der Waals surface area (Å²) in [7, 11) is 0. The lowest BCUT2D eigenvalue weighted by molar-refractivity contribution is -0.163. The van der Waals surface area contributed by atoms with Gasteiger partial charge in [-0.15, -0.1) is 0 Å². The van der Waals surface area contributed by atoms with Gasteiger partial charge in [0.1, 0.15) is 12.7 Å². The molecule has 2 unspecified atom stereocenters. The number of ether oxygens (including phenoxy) is 4. The van der Waals surface area contributed by atoms with Crippen LogP contribution in [0.5, 0.6) is 0 Å². The van der Waals surface area contributed by atoms with Crippen LogP contribution in [-0.2, 0) is 30.3 Å². The number of aliphatic hydroxyl groups excluding tert-OH is 1. The predicted octanol–water partition coefficient (Wildman–Crippen LogP) is 2.05. The summed E-state index contributed by atoms with van der Waals surface area (Å²) in [5.41, 5.74) is 0.921. The topological polar surface area (TPSA) is 74.2 Å². The van der Waals surface area contributed by atoms with Gasteiger partial charge in [-0.3, -0.25) is 0 Å². The first kappa shape index (κ1) is 14.9. The molecule has 1 fully saturated rings. The fourth-order valence-corrected chi connectivity index (χ4v) is 2.46. The van der Waals surface area contributed by atoms with Gasteiger partial charge in [0, 0.05) is 0 Å². The lowest BCUT2D eigenvalue weighted by Gasteiger charge is -2.21. The molecule has 22 heavy (non-hydrogen) atoms. The number of hydrogen-bond acceptors (Lipinski definition) is 6. The molecule has 0 aromatic heterocycles. The summed E-state index contributed by atoms with van der Waals surface area (Å²) in [5, 5.41) is 9.88. The minimum atomic E-state index is -0.804. The first-order chi connectivity index (χ1) is 10.5. The highest BCUT2D eigenvalue weighted by atomic mass is 16.8. The van der Waals surface area contributed by atoms with E-state index in [2.05, 4.69) is 0 Å². The van der Waals surface area contributed by atoms with Gasteiger partial charge < -0.3 is 24.1 Å². The smallest absolute Gasteiger partial charge is 0.378 e. The molecule has 2 aliphatic rings. The number of carbonyl (C=O) groups is 1. The van der Waals surface area contributed by atoms with Crippen molar-refractivity contribution in [2.75, 3.05) is 6.61 Å². The Hall–Kier alpha value is -2.05. The van der Waals surface area contributed by atoms with Gasteiger partial charge in [0.15, 0.2) is 17.7 Å². The molecular formula is C16H18O6. The normalized spacial score (nSPS) is 27.1. The molecule has 0 saturated carbocycles. The largest absolute Gasteiger partial charge is 0.499 e. The van der Waals surface area contributed by atoms with Crippen molar-refractivity contribution < 1.29 is 28.8 Å². The van der Waals surface area contributed by atoms with E-state index in [4.69, 9.17) is 18.9 Å². The van der Waals surface area contributed by atoms with E-state index in [0.29, 0.717) is 0 Å². The van der Waals surface area contributed by atoms with Crippen LogP contribution in [-0.4, -0.2) is 35.7 Å². The molecule has 1 saturated heterocycles. The molecule has 2 aliphatic heterocycles. The Morgan fingerprint density at radius 3 is 2.68 bits per heavy atom. The van der Waals surface area contributed by atoms with E-state index in [9.17, 15) is 9.90 Å². The quantitative estimate of drug-likeness (QED) is 0.858. The number of hydrogen-bond donors (Lipinski definition) is 1. The molecule has 1 aromatic rings. The third kappa shape index (κ3) is 2.93. The van der Waals surface area contributed by atoms with Gasteiger partial charge in [0.2, 0.25) is 5.76 Å². The van der Waals surface area contributed by atoms with Crippen LogP contribution < -0.4 is 0 Å². The average Bonchev–Trinajstić information content (AvgIpc) is 2.99. The number of rotatable bonds is 4. The Bertz CT molecular complexity index is 592. The summed E-state index contributed by atoms with van der Waals surface area (Å²) in [4.78, 5) is 11.6. The van der Waals surface area contributed by atoms with E-state index in [0.717, 1.165) is 5.56 Å². The summed E-state index contributed by atoms with van der Waals surface area (Å²) in [5.74, 6) is -1.96. The van der Waals surface area contributed by atoms with Crippen LogP contribution in [0.2, 0.25) is 0 Å². The average molecular weight is 306 g/mol. The Labute approximate surface area is 128 Å². The molecule has 118 valence electrons. The number of aliphatic hydroxyl groups is 1. The van der Waals surface area contributed by atoms with E-state index in [1.54, 1.807) is 13.8 Å². The van der Waals surface area contributed by atoms with Crippen molar-refractivity contribution in [2.45, 2.75) is 38.4 Å². The third-order valence-corrected chi connectivity index (χ3v) is 3.52. The van der Waals surface area contributed by atoms with E-state index in [1.807, 2.05) is 30.3 Å². The van der Waals surface area contributed by atoms with Crippen molar-refractivity contribution in [2.24, 2.45) is 0 Å². The Kier molecular flexibility index (Phi) is 3.80. The fraction of sp³-hybridized carbons (Fsp3) is 0.438. The van der Waals surface area contributed by atoms with Crippen molar-refractivity contribution in [3.8, 4) is 0 Å². The second kappa shape index (κ2) is 5.62. The summed E-state index contributed by atoms with van der Waals surface area (Å²) >= 11 is 0. The molecule has 6 heteroatoms. The maximum Gasteiger partial charge on any atom is 0.378 e. The molecule has 0 radical (unpaired) electrons. The first-order valence-corrected chi connectivity index (χ1v) is 7.09. The highest BCUT2D eigenvalue weighted by Crippen LogP contribution is 2.33. The van der Waals surface area contributed by atoms with Crippen LogP contribution in [0.1, 0.15) is 19.4 Å². The molecular weight excluding hydrogens is 288 g/mol. The Morgan fingerprint density at radius 2 is 2.05 bits per heavy atom. The molecule has 0 bridgehead atoms. The number of benzene rings is 1. The first-order valence-electron chi connectivity index (χ1n) is 7.09. The Balaban J connectivity index is 1.73.